The molecule has 1 aromatic carbocycles. The molecule has 3 N–H and O–H groups in total. The molecule has 0 amide bonds. The Labute approximate surface area is 94.6 Å². The quantitative estimate of drug-likeness (QED) is 0.491. The summed E-state index contributed by atoms with van der Waals surface area (Å²) < 4.78 is 61.7. The standard InChI is InChI=1S/C10H11F5N2/c11-7-4-6(16)5-8(12)9(7)17-3-1-2-10(13,14)15/h4-5,17H,1-3,16H2. The van der Waals surface area contributed by atoms with Gasteiger partial charge in [0.2, 0.25) is 0 Å². The second-order valence-electron chi connectivity index (χ2n) is 3.51. The molecular weight excluding hydrogens is 243 g/mol. The first kappa shape index (κ1) is 13.5. The summed E-state index contributed by atoms with van der Waals surface area (Å²) in [5.41, 5.74) is 4.64. The van der Waals surface area contributed by atoms with Crippen LogP contribution in [0.5, 0.6) is 0 Å². The lowest BCUT2D eigenvalue weighted by atomic mass is 10.2. The highest BCUT2D eigenvalue weighted by atomic mass is 19.4. The van der Waals surface area contributed by atoms with Gasteiger partial charge in [-0.15, -0.1) is 0 Å². The van der Waals surface area contributed by atoms with Crippen molar-refractivity contribution in [1.82, 2.24) is 0 Å². The average molecular weight is 254 g/mol. The zero-order valence-corrected chi connectivity index (χ0v) is 8.74. The SMILES string of the molecule is Nc1cc(F)c(NCCCC(F)(F)F)c(F)c1. The third-order valence-electron chi connectivity index (χ3n) is 2.00. The van der Waals surface area contributed by atoms with E-state index in [2.05, 4.69) is 5.32 Å². The van der Waals surface area contributed by atoms with Gasteiger partial charge in [-0.25, -0.2) is 8.78 Å². The van der Waals surface area contributed by atoms with E-state index < -0.39 is 29.9 Å². The van der Waals surface area contributed by atoms with E-state index in [1.54, 1.807) is 0 Å². The van der Waals surface area contributed by atoms with Gasteiger partial charge in [0.25, 0.3) is 0 Å². The molecule has 0 radical (unpaired) electrons. The molecule has 2 nitrogen and oxygen atoms in total. The second kappa shape index (κ2) is 5.20. The number of anilines is 2. The van der Waals surface area contributed by atoms with Crippen molar-refractivity contribution >= 4 is 11.4 Å². The van der Waals surface area contributed by atoms with Gasteiger partial charge in [-0.05, 0) is 18.6 Å². The average Bonchev–Trinajstić information content (AvgIpc) is 2.13. The van der Waals surface area contributed by atoms with E-state index in [1.165, 1.54) is 0 Å². The van der Waals surface area contributed by atoms with Crippen LogP contribution >= 0.6 is 0 Å². The van der Waals surface area contributed by atoms with Gasteiger partial charge in [-0.3, -0.25) is 0 Å². The molecule has 0 unspecified atom stereocenters. The van der Waals surface area contributed by atoms with Crippen LogP contribution in [0.2, 0.25) is 0 Å². The molecule has 0 saturated carbocycles. The predicted octanol–water partition coefficient (Wildman–Crippen LogP) is 3.30. The van der Waals surface area contributed by atoms with Crippen molar-refractivity contribution in [2.24, 2.45) is 0 Å². The van der Waals surface area contributed by atoms with Crippen LogP contribution in [0, 0.1) is 11.6 Å². The summed E-state index contributed by atoms with van der Waals surface area (Å²) in [6, 6.07) is 1.80. The molecule has 17 heavy (non-hydrogen) atoms. The van der Waals surface area contributed by atoms with Crippen LogP contribution in [-0.2, 0) is 0 Å². The van der Waals surface area contributed by atoms with Crippen molar-refractivity contribution in [1.29, 1.82) is 0 Å². The highest BCUT2D eigenvalue weighted by Crippen LogP contribution is 2.24. The van der Waals surface area contributed by atoms with Gasteiger partial charge in [-0.2, -0.15) is 13.2 Å². The highest BCUT2D eigenvalue weighted by Gasteiger charge is 2.26. The maximum Gasteiger partial charge on any atom is 0.389 e. The first-order valence-electron chi connectivity index (χ1n) is 4.85. The lowest BCUT2D eigenvalue weighted by Gasteiger charge is -2.10. The van der Waals surface area contributed by atoms with Crippen LogP contribution in [0.3, 0.4) is 0 Å². The first-order chi connectivity index (χ1) is 7.79. The summed E-state index contributed by atoms with van der Waals surface area (Å²) in [5.74, 6) is -1.84. The van der Waals surface area contributed by atoms with Crippen molar-refractivity contribution in [3.8, 4) is 0 Å². The lowest BCUT2D eigenvalue weighted by molar-refractivity contribution is -0.134. The molecule has 0 bridgehead atoms. The second-order valence-corrected chi connectivity index (χ2v) is 3.51. The number of rotatable bonds is 4. The molecule has 7 heteroatoms. The number of nitrogens with one attached hydrogen (secondary N) is 1. The van der Waals surface area contributed by atoms with Gasteiger partial charge in [0, 0.05) is 18.7 Å². The maximum atomic E-state index is 13.2. The van der Waals surface area contributed by atoms with Crippen LogP contribution in [0.25, 0.3) is 0 Å². The Balaban J connectivity index is 2.53. The fraction of sp³-hybridized carbons (Fsp3) is 0.400. The van der Waals surface area contributed by atoms with E-state index in [4.69, 9.17) is 5.73 Å². The van der Waals surface area contributed by atoms with Crippen molar-refractivity contribution in [2.45, 2.75) is 19.0 Å². The van der Waals surface area contributed by atoms with Gasteiger partial charge < -0.3 is 11.1 Å². The molecule has 0 aromatic heterocycles. The zero-order chi connectivity index (χ0) is 13.1. The minimum atomic E-state index is -4.26. The molecule has 0 saturated heterocycles. The van der Waals surface area contributed by atoms with Crippen LogP contribution in [0.4, 0.5) is 33.3 Å². The molecule has 0 spiro atoms. The summed E-state index contributed by atoms with van der Waals surface area (Å²) in [6.07, 6.45) is -5.52. The third-order valence-corrected chi connectivity index (χ3v) is 2.00. The molecule has 0 aliphatic heterocycles. The molecule has 1 rings (SSSR count). The predicted molar refractivity (Wildman–Crippen MR) is 54.5 cm³/mol. The van der Waals surface area contributed by atoms with E-state index in [9.17, 15) is 22.0 Å². The Hall–Kier alpha value is -1.53. The summed E-state index contributed by atoms with van der Waals surface area (Å²) >= 11 is 0. The van der Waals surface area contributed by atoms with Crippen molar-refractivity contribution in [2.75, 3.05) is 17.6 Å². The van der Waals surface area contributed by atoms with Crippen LogP contribution in [-0.4, -0.2) is 12.7 Å². The molecule has 0 heterocycles. The number of hydrogen-bond donors (Lipinski definition) is 2. The molecular formula is C10H11F5N2. The van der Waals surface area contributed by atoms with Gasteiger partial charge in [0.1, 0.15) is 5.69 Å². The monoisotopic (exact) mass is 254 g/mol. The third kappa shape index (κ3) is 4.46. The fourth-order valence-electron chi connectivity index (χ4n) is 1.26. The Kier molecular flexibility index (Phi) is 4.14. The highest BCUT2D eigenvalue weighted by molar-refractivity contribution is 5.53. The molecule has 1 aromatic rings. The normalized spacial score (nSPS) is 11.6. The van der Waals surface area contributed by atoms with E-state index >= 15 is 0 Å². The van der Waals surface area contributed by atoms with Crippen molar-refractivity contribution < 1.29 is 22.0 Å². The summed E-state index contributed by atoms with van der Waals surface area (Å²) in [6.45, 7) is -0.169. The summed E-state index contributed by atoms with van der Waals surface area (Å²) in [4.78, 5) is 0. The van der Waals surface area contributed by atoms with Gasteiger partial charge in [-0.1, -0.05) is 0 Å². The Morgan fingerprint density at radius 2 is 1.65 bits per heavy atom. The first-order valence-corrected chi connectivity index (χ1v) is 4.85. The van der Waals surface area contributed by atoms with Crippen LogP contribution < -0.4 is 11.1 Å². The van der Waals surface area contributed by atoms with Crippen LogP contribution in [0.15, 0.2) is 12.1 Å². The number of hydrogen-bond acceptors (Lipinski definition) is 2. The Morgan fingerprint density at radius 1 is 1.12 bits per heavy atom. The molecule has 0 fully saturated rings. The summed E-state index contributed by atoms with van der Waals surface area (Å²) in [7, 11) is 0. The van der Waals surface area contributed by atoms with E-state index in [-0.39, 0.29) is 18.7 Å². The number of halogens is 5. The minimum Gasteiger partial charge on any atom is -0.399 e. The number of benzene rings is 1. The van der Waals surface area contributed by atoms with Crippen molar-refractivity contribution in [3.63, 3.8) is 0 Å². The lowest BCUT2D eigenvalue weighted by Crippen LogP contribution is -2.12. The largest absolute Gasteiger partial charge is 0.399 e. The Morgan fingerprint density at radius 3 is 2.12 bits per heavy atom. The molecule has 0 aliphatic rings. The van der Waals surface area contributed by atoms with E-state index in [0.29, 0.717) is 0 Å². The van der Waals surface area contributed by atoms with Crippen LogP contribution in [0.1, 0.15) is 12.8 Å². The van der Waals surface area contributed by atoms with Gasteiger partial charge in [0.15, 0.2) is 11.6 Å². The summed E-state index contributed by atoms with van der Waals surface area (Å²) in [5, 5.41) is 2.28. The molecule has 96 valence electrons. The number of nitrogens with two attached hydrogens (primary N) is 1. The number of alkyl halides is 3. The number of nitrogen functional groups attached to an aromatic ring is 1. The van der Waals surface area contributed by atoms with E-state index in [1.807, 2.05) is 0 Å². The van der Waals surface area contributed by atoms with Gasteiger partial charge >= 0.3 is 6.18 Å². The molecule has 0 aliphatic carbocycles. The van der Waals surface area contributed by atoms with E-state index in [0.717, 1.165) is 12.1 Å². The zero-order valence-electron chi connectivity index (χ0n) is 8.74. The maximum absolute atomic E-state index is 13.2. The Bertz CT molecular complexity index is 366. The van der Waals surface area contributed by atoms with Crippen molar-refractivity contribution in [3.05, 3.63) is 23.8 Å². The molecule has 0 atom stereocenters. The smallest absolute Gasteiger partial charge is 0.389 e. The van der Waals surface area contributed by atoms with Gasteiger partial charge in [0.05, 0.1) is 0 Å². The fourth-order valence-corrected chi connectivity index (χ4v) is 1.26. The topological polar surface area (TPSA) is 38.0 Å². The minimum absolute atomic E-state index is 0.0826.